The highest BCUT2D eigenvalue weighted by Crippen LogP contribution is 2.47. The molecule has 1 aliphatic heterocycles. The number of hydrogen-bond donors (Lipinski definition) is 2. The van der Waals surface area contributed by atoms with Crippen LogP contribution in [0.25, 0.3) is 0 Å². The van der Waals surface area contributed by atoms with Crippen molar-refractivity contribution in [2.45, 2.75) is 50.0 Å². The third-order valence-electron chi connectivity index (χ3n) is 5.60. The predicted molar refractivity (Wildman–Crippen MR) is 97.0 cm³/mol. The van der Waals surface area contributed by atoms with Crippen molar-refractivity contribution in [2.24, 2.45) is 0 Å². The molecular weight excluding hydrogens is 330 g/mol. The molecule has 4 rings (SSSR count). The van der Waals surface area contributed by atoms with E-state index in [1.165, 1.54) is 11.9 Å². The Balaban J connectivity index is 1.88. The fourth-order valence-corrected chi connectivity index (χ4v) is 4.43. The molecule has 2 N–H and O–H groups in total. The molecule has 2 aliphatic rings. The van der Waals surface area contributed by atoms with Crippen molar-refractivity contribution in [1.82, 2.24) is 15.3 Å². The molecule has 4 atom stereocenters. The standard InChI is InChI=1S/C20H25N3O3/c1-3-26-15-5-6-18-16(9-15)17-8-14(24)4-7-19(17)23-20(18,25-2)13-10-21-12-22-11-13/h5-6,9-12,14,17,19,23-24H,3-4,7-8H2,1-2H3/t14-,17-,19-,20?/m1/s1. The summed E-state index contributed by atoms with van der Waals surface area (Å²) in [6, 6.07) is 6.35. The lowest BCUT2D eigenvalue weighted by Crippen LogP contribution is -2.58. The number of ether oxygens (including phenoxy) is 2. The van der Waals surface area contributed by atoms with Crippen molar-refractivity contribution in [3.05, 3.63) is 53.6 Å². The van der Waals surface area contributed by atoms with Gasteiger partial charge in [0, 0.05) is 42.6 Å². The molecule has 6 heteroatoms. The zero-order chi connectivity index (χ0) is 18.1. The third kappa shape index (κ3) is 2.78. The predicted octanol–water partition coefficient (Wildman–Crippen LogP) is 2.32. The van der Waals surface area contributed by atoms with Gasteiger partial charge in [0.15, 0.2) is 5.72 Å². The van der Waals surface area contributed by atoms with E-state index in [2.05, 4.69) is 27.4 Å². The molecule has 1 aromatic carbocycles. The van der Waals surface area contributed by atoms with Gasteiger partial charge >= 0.3 is 0 Å². The van der Waals surface area contributed by atoms with Crippen LogP contribution in [-0.2, 0) is 10.5 Å². The monoisotopic (exact) mass is 355 g/mol. The van der Waals surface area contributed by atoms with Crippen LogP contribution in [-0.4, -0.2) is 40.9 Å². The van der Waals surface area contributed by atoms with Gasteiger partial charge in [-0.15, -0.1) is 0 Å². The van der Waals surface area contributed by atoms with E-state index >= 15 is 0 Å². The minimum absolute atomic E-state index is 0.211. The molecule has 1 aromatic heterocycles. The summed E-state index contributed by atoms with van der Waals surface area (Å²) in [6.45, 7) is 2.60. The van der Waals surface area contributed by atoms with Crippen LogP contribution < -0.4 is 10.1 Å². The van der Waals surface area contributed by atoms with Gasteiger partial charge < -0.3 is 14.6 Å². The van der Waals surface area contributed by atoms with Gasteiger partial charge in [0.25, 0.3) is 0 Å². The molecule has 0 amide bonds. The zero-order valence-corrected chi connectivity index (χ0v) is 15.2. The number of hydrogen-bond acceptors (Lipinski definition) is 6. The molecule has 0 bridgehead atoms. The number of nitrogens with one attached hydrogen (secondary N) is 1. The molecule has 1 saturated carbocycles. The minimum Gasteiger partial charge on any atom is -0.494 e. The molecule has 1 aliphatic carbocycles. The topological polar surface area (TPSA) is 76.5 Å². The van der Waals surface area contributed by atoms with Gasteiger partial charge in [-0.05, 0) is 43.9 Å². The number of benzene rings is 1. The van der Waals surface area contributed by atoms with Crippen LogP contribution in [0.4, 0.5) is 0 Å². The Kier molecular flexibility index (Phi) is 4.65. The van der Waals surface area contributed by atoms with Gasteiger partial charge in [-0.2, -0.15) is 0 Å². The maximum Gasteiger partial charge on any atom is 0.174 e. The maximum atomic E-state index is 10.2. The van der Waals surface area contributed by atoms with E-state index in [1.807, 2.05) is 13.0 Å². The molecule has 2 aromatic rings. The Morgan fingerprint density at radius 1 is 1.27 bits per heavy atom. The highest BCUT2D eigenvalue weighted by Gasteiger charge is 2.48. The molecule has 0 saturated heterocycles. The Labute approximate surface area is 153 Å². The molecule has 138 valence electrons. The Hall–Kier alpha value is -2.02. The largest absolute Gasteiger partial charge is 0.494 e. The molecule has 6 nitrogen and oxygen atoms in total. The number of aliphatic hydroxyl groups excluding tert-OH is 1. The number of rotatable bonds is 4. The highest BCUT2D eigenvalue weighted by molar-refractivity contribution is 5.48. The average Bonchev–Trinajstić information content (AvgIpc) is 2.68. The quantitative estimate of drug-likeness (QED) is 0.877. The number of fused-ring (bicyclic) bond motifs is 3. The smallest absolute Gasteiger partial charge is 0.174 e. The Morgan fingerprint density at radius 3 is 2.81 bits per heavy atom. The lowest BCUT2D eigenvalue weighted by molar-refractivity contribution is -0.0417. The number of methoxy groups -OCH3 is 1. The second-order valence-electron chi connectivity index (χ2n) is 7.02. The lowest BCUT2D eigenvalue weighted by Gasteiger charge is -2.49. The molecular formula is C20H25N3O3. The lowest BCUT2D eigenvalue weighted by atomic mass is 9.71. The second kappa shape index (κ2) is 6.95. The maximum absolute atomic E-state index is 10.2. The summed E-state index contributed by atoms with van der Waals surface area (Å²) in [7, 11) is 1.71. The Bertz CT molecular complexity index is 770. The van der Waals surface area contributed by atoms with Gasteiger partial charge in [-0.25, -0.2) is 9.97 Å². The normalized spacial score (nSPS) is 30.3. The molecule has 1 fully saturated rings. The van der Waals surface area contributed by atoms with Gasteiger partial charge in [0.2, 0.25) is 0 Å². The fourth-order valence-electron chi connectivity index (χ4n) is 4.43. The molecule has 1 unspecified atom stereocenters. The van der Waals surface area contributed by atoms with Crippen molar-refractivity contribution in [3.8, 4) is 5.75 Å². The fraction of sp³-hybridized carbons (Fsp3) is 0.500. The summed E-state index contributed by atoms with van der Waals surface area (Å²) in [5.41, 5.74) is 2.28. The van der Waals surface area contributed by atoms with E-state index < -0.39 is 5.72 Å². The highest BCUT2D eigenvalue weighted by atomic mass is 16.5. The van der Waals surface area contributed by atoms with E-state index in [9.17, 15) is 5.11 Å². The van der Waals surface area contributed by atoms with E-state index in [-0.39, 0.29) is 18.1 Å². The van der Waals surface area contributed by atoms with Crippen molar-refractivity contribution in [3.63, 3.8) is 0 Å². The first kappa shape index (κ1) is 17.4. The zero-order valence-electron chi connectivity index (χ0n) is 15.2. The summed E-state index contributed by atoms with van der Waals surface area (Å²) in [5.74, 6) is 1.07. The van der Waals surface area contributed by atoms with Crippen LogP contribution in [0.5, 0.6) is 5.75 Å². The number of nitrogens with zero attached hydrogens (tertiary/aromatic N) is 2. The van der Waals surface area contributed by atoms with Crippen LogP contribution in [0.15, 0.2) is 36.9 Å². The second-order valence-corrected chi connectivity index (χ2v) is 7.02. The van der Waals surface area contributed by atoms with E-state index in [0.29, 0.717) is 6.61 Å². The third-order valence-corrected chi connectivity index (χ3v) is 5.60. The van der Waals surface area contributed by atoms with Gasteiger partial charge in [-0.3, -0.25) is 5.32 Å². The summed E-state index contributed by atoms with van der Waals surface area (Å²) in [5, 5.41) is 13.9. The van der Waals surface area contributed by atoms with Crippen molar-refractivity contribution in [2.75, 3.05) is 13.7 Å². The molecule has 0 radical (unpaired) electrons. The Morgan fingerprint density at radius 2 is 2.08 bits per heavy atom. The molecule has 0 spiro atoms. The summed E-state index contributed by atoms with van der Waals surface area (Å²) in [4.78, 5) is 8.39. The van der Waals surface area contributed by atoms with E-state index in [1.54, 1.807) is 19.5 Å². The van der Waals surface area contributed by atoms with Crippen LogP contribution in [0.2, 0.25) is 0 Å². The van der Waals surface area contributed by atoms with Gasteiger partial charge in [0.05, 0.1) is 12.7 Å². The minimum atomic E-state index is -0.801. The van der Waals surface area contributed by atoms with Crippen molar-refractivity contribution in [1.29, 1.82) is 0 Å². The number of aliphatic hydroxyl groups is 1. The van der Waals surface area contributed by atoms with Crippen LogP contribution in [0.3, 0.4) is 0 Å². The van der Waals surface area contributed by atoms with Crippen LogP contribution in [0, 0.1) is 0 Å². The summed E-state index contributed by atoms with van der Waals surface area (Å²) in [6.07, 6.45) is 7.27. The SMILES string of the molecule is CCOc1ccc2c(c1)[C@H]1C[C@H](O)CC[C@H]1NC2(OC)c1cncnc1. The van der Waals surface area contributed by atoms with Gasteiger partial charge in [0.1, 0.15) is 12.1 Å². The first-order chi connectivity index (χ1) is 12.7. The number of aromatic nitrogens is 2. The van der Waals surface area contributed by atoms with Crippen LogP contribution >= 0.6 is 0 Å². The average molecular weight is 355 g/mol. The van der Waals surface area contributed by atoms with E-state index in [4.69, 9.17) is 9.47 Å². The van der Waals surface area contributed by atoms with Crippen LogP contribution in [0.1, 0.15) is 48.8 Å². The molecule has 26 heavy (non-hydrogen) atoms. The van der Waals surface area contributed by atoms with Crippen molar-refractivity contribution >= 4 is 0 Å². The van der Waals surface area contributed by atoms with E-state index in [0.717, 1.165) is 36.1 Å². The van der Waals surface area contributed by atoms with Gasteiger partial charge in [-0.1, -0.05) is 6.07 Å². The first-order valence-corrected chi connectivity index (χ1v) is 9.21. The summed E-state index contributed by atoms with van der Waals surface area (Å²) >= 11 is 0. The van der Waals surface area contributed by atoms with Crippen molar-refractivity contribution < 1.29 is 14.6 Å². The molecule has 2 heterocycles. The first-order valence-electron chi connectivity index (χ1n) is 9.21. The summed E-state index contributed by atoms with van der Waals surface area (Å²) < 4.78 is 11.8.